The van der Waals surface area contributed by atoms with Gasteiger partial charge in [-0.05, 0) is 25.3 Å². The van der Waals surface area contributed by atoms with Crippen molar-refractivity contribution in [3.63, 3.8) is 0 Å². The lowest BCUT2D eigenvalue weighted by atomic mass is 10.1. The number of esters is 1. The minimum atomic E-state index is -4.93. The molecule has 0 unspecified atom stereocenters. The van der Waals surface area contributed by atoms with Crippen LogP contribution in [-0.4, -0.2) is 12.1 Å². The summed E-state index contributed by atoms with van der Waals surface area (Å²) >= 11 is 0. The molecule has 0 aliphatic heterocycles. The number of allylic oxidation sites excluding steroid dienone is 2. The van der Waals surface area contributed by atoms with E-state index in [0.29, 0.717) is 12.8 Å². The van der Waals surface area contributed by atoms with E-state index in [2.05, 4.69) is 18.6 Å². The van der Waals surface area contributed by atoms with Gasteiger partial charge in [0, 0.05) is 6.42 Å². The maximum absolute atomic E-state index is 12.3. The Bertz CT molecular complexity index is 336. The Hall–Kier alpha value is -1.00. The minimum absolute atomic E-state index is 0.180. The Labute approximate surface area is 138 Å². The van der Waals surface area contributed by atoms with E-state index in [9.17, 15) is 18.0 Å². The molecule has 5 heteroatoms. The second kappa shape index (κ2) is 13.4. The number of hydrogen-bond acceptors (Lipinski definition) is 2. The zero-order valence-corrected chi connectivity index (χ0v) is 14.5. The van der Waals surface area contributed by atoms with Crippen molar-refractivity contribution in [2.45, 2.75) is 97.1 Å². The Kier molecular flexibility index (Phi) is 12.9. The van der Waals surface area contributed by atoms with Crippen LogP contribution in [-0.2, 0) is 9.53 Å². The average Bonchev–Trinajstić information content (AvgIpc) is 2.49. The van der Waals surface area contributed by atoms with Gasteiger partial charge in [0.2, 0.25) is 0 Å². The van der Waals surface area contributed by atoms with Crippen molar-refractivity contribution in [3.05, 3.63) is 11.8 Å². The zero-order valence-electron chi connectivity index (χ0n) is 14.5. The third-order valence-corrected chi connectivity index (χ3v) is 3.66. The molecule has 0 fully saturated rings. The van der Waals surface area contributed by atoms with Crippen molar-refractivity contribution in [2.75, 3.05) is 0 Å². The molecule has 0 aliphatic carbocycles. The van der Waals surface area contributed by atoms with Crippen molar-refractivity contribution in [3.8, 4) is 0 Å². The Morgan fingerprint density at radius 1 is 0.870 bits per heavy atom. The Morgan fingerprint density at radius 2 is 1.39 bits per heavy atom. The van der Waals surface area contributed by atoms with Crippen molar-refractivity contribution in [1.29, 1.82) is 0 Å². The molecule has 0 amide bonds. The van der Waals surface area contributed by atoms with Crippen LogP contribution >= 0.6 is 0 Å². The van der Waals surface area contributed by atoms with Crippen LogP contribution in [0.2, 0.25) is 0 Å². The fourth-order valence-electron chi connectivity index (χ4n) is 2.29. The zero-order chi connectivity index (χ0) is 17.6. The van der Waals surface area contributed by atoms with Gasteiger partial charge >= 0.3 is 12.1 Å². The van der Waals surface area contributed by atoms with E-state index >= 15 is 0 Å². The number of alkyl halides is 3. The molecule has 23 heavy (non-hydrogen) atoms. The highest BCUT2D eigenvalue weighted by Crippen LogP contribution is 2.21. The molecule has 0 saturated carbocycles. The topological polar surface area (TPSA) is 26.3 Å². The first-order valence-electron chi connectivity index (χ1n) is 8.89. The van der Waals surface area contributed by atoms with Gasteiger partial charge in [-0.15, -0.1) is 0 Å². The molecule has 0 aromatic carbocycles. The summed E-state index contributed by atoms with van der Waals surface area (Å²) in [5.41, 5.74) is 0. The first-order valence-corrected chi connectivity index (χ1v) is 8.89. The lowest BCUT2D eigenvalue weighted by Crippen LogP contribution is -2.25. The summed E-state index contributed by atoms with van der Waals surface area (Å²) in [6.45, 7) is 4.24. The Morgan fingerprint density at radius 3 is 1.91 bits per heavy atom. The van der Waals surface area contributed by atoms with Gasteiger partial charge in [0.1, 0.15) is 5.76 Å². The molecule has 0 atom stereocenters. The van der Waals surface area contributed by atoms with E-state index in [1.165, 1.54) is 6.42 Å². The standard InChI is InChI=1S/C18H31F3O2/c1-3-5-7-9-11-13-15-16(14-12-10-8-6-4-2)23-17(22)18(19,20)21/h15H,3-14H2,1-2H3/b16-15+. The van der Waals surface area contributed by atoms with E-state index < -0.39 is 12.1 Å². The molecule has 0 spiro atoms. The first-order chi connectivity index (χ1) is 10.9. The summed E-state index contributed by atoms with van der Waals surface area (Å²) in [7, 11) is 0. The molecule has 0 aromatic rings. The molecular formula is C18H31F3O2. The summed E-state index contributed by atoms with van der Waals surface area (Å²) in [6.07, 6.45) is 8.26. The van der Waals surface area contributed by atoms with Crippen LogP contribution in [0.1, 0.15) is 90.9 Å². The largest absolute Gasteiger partial charge is 0.491 e. The van der Waals surface area contributed by atoms with Crippen LogP contribution in [0.15, 0.2) is 11.8 Å². The number of carbonyl (C=O) groups is 1. The molecule has 2 nitrogen and oxygen atoms in total. The van der Waals surface area contributed by atoms with Crippen LogP contribution in [0.25, 0.3) is 0 Å². The maximum Gasteiger partial charge on any atom is 0.491 e. The van der Waals surface area contributed by atoms with Crippen molar-refractivity contribution >= 4 is 5.97 Å². The highest BCUT2D eigenvalue weighted by atomic mass is 19.4. The van der Waals surface area contributed by atoms with Gasteiger partial charge in [-0.3, -0.25) is 0 Å². The second-order valence-electron chi connectivity index (χ2n) is 5.92. The van der Waals surface area contributed by atoms with Crippen LogP contribution < -0.4 is 0 Å². The molecule has 0 aromatic heterocycles. The molecule has 0 heterocycles. The predicted octanol–water partition coefficient (Wildman–Crippen LogP) is 6.70. The van der Waals surface area contributed by atoms with Crippen molar-refractivity contribution < 1.29 is 22.7 Å². The lowest BCUT2D eigenvalue weighted by molar-refractivity contribution is -0.195. The van der Waals surface area contributed by atoms with E-state index in [-0.39, 0.29) is 5.76 Å². The monoisotopic (exact) mass is 336 g/mol. The SMILES string of the molecule is CCCCCCC/C=C(\CCCCCCC)OC(=O)C(F)(F)F. The quantitative estimate of drug-likeness (QED) is 0.212. The van der Waals surface area contributed by atoms with E-state index in [4.69, 9.17) is 0 Å². The lowest BCUT2D eigenvalue weighted by Gasteiger charge is -2.11. The van der Waals surface area contributed by atoms with Gasteiger partial charge in [-0.2, -0.15) is 13.2 Å². The smallest absolute Gasteiger partial charge is 0.425 e. The fourth-order valence-corrected chi connectivity index (χ4v) is 2.29. The van der Waals surface area contributed by atoms with Gasteiger partial charge in [0.25, 0.3) is 0 Å². The number of unbranched alkanes of at least 4 members (excludes halogenated alkanes) is 9. The first kappa shape index (κ1) is 22.0. The van der Waals surface area contributed by atoms with Gasteiger partial charge < -0.3 is 4.74 Å². The van der Waals surface area contributed by atoms with Crippen LogP contribution in [0.3, 0.4) is 0 Å². The highest BCUT2D eigenvalue weighted by Gasteiger charge is 2.41. The third-order valence-electron chi connectivity index (χ3n) is 3.66. The van der Waals surface area contributed by atoms with E-state index in [1.54, 1.807) is 6.08 Å². The predicted molar refractivity (Wildman–Crippen MR) is 87.0 cm³/mol. The molecule has 0 radical (unpaired) electrons. The van der Waals surface area contributed by atoms with Gasteiger partial charge in [-0.1, -0.05) is 65.2 Å². The number of rotatable bonds is 13. The van der Waals surface area contributed by atoms with Crippen molar-refractivity contribution in [2.24, 2.45) is 0 Å². The summed E-state index contributed by atoms with van der Waals surface area (Å²) < 4.78 is 41.5. The maximum atomic E-state index is 12.3. The van der Waals surface area contributed by atoms with Gasteiger partial charge in [0.15, 0.2) is 0 Å². The number of hydrogen-bond donors (Lipinski definition) is 0. The van der Waals surface area contributed by atoms with Crippen LogP contribution in [0.4, 0.5) is 13.2 Å². The highest BCUT2D eigenvalue weighted by molar-refractivity contribution is 5.76. The van der Waals surface area contributed by atoms with E-state index in [1.807, 2.05) is 0 Å². The molecule has 0 saturated heterocycles. The molecule has 0 N–H and O–H groups in total. The summed E-state index contributed by atoms with van der Waals surface area (Å²) in [5.74, 6) is -1.93. The molecule has 136 valence electrons. The molecule has 0 aliphatic rings. The fraction of sp³-hybridized carbons (Fsp3) is 0.833. The normalized spacial score (nSPS) is 12.5. The van der Waals surface area contributed by atoms with Gasteiger partial charge in [0.05, 0.1) is 0 Å². The van der Waals surface area contributed by atoms with E-state index in [0.717, 1.165) is 57.8 Å². The second-order valence-corrected chi connectivity index (χ2v) is 5.92. The third kappa shape index (κ3) is 13.2. The van der Waals surface area contributed by atoms with Crippen LogP contribution in [0.5, 0.6) is 0 Å². The molecule has 0 bridgehead atoms. The molecule has 0 rings (SSSR count). The minimum Gasteiger partial charge on any atom is -0.425 e. The van der Waals surface area contributed by atoms with Gasteiger partial charge in [-0.25, -0.2) is 4.79 Å². The summed E-state index contributed by atoms with van der Waals surface area (Å²) in [6, 6.07) is 0. The van der Waals surface area contributed by atoms with Crippen LogP contribution in [0, 0.1) is 0 Å². The summed E-state index contributed by atoms with van der Waals surface area (Å²) in [4.78, 5) is 11.0. The Balaban J connectivity index is 4.27. The number of halogens is 3. The summed E-state index contributed by atoms with van der Waals surface area (Å²) in [5, 5.41) is 0. The van der Waals surface area contributed by atoms with Crippen molar-refractivity contribution in [1.82, 2.24) is 0 Å². The average molecular weight is 336 g/mol. The number of ether oxygens (including phenoxy) is 1. The number of carbonyl (C=O) groups excluding carboxylic acids is 1. The molecular weight excluding hydrogens is 305 g/mol.